The molecule has 1 aromatic heterocycles. The molecule has 3 rings (SSSR count). The summed E-state index contributed by atoms with van der Waals surface area (Å²) in [5, 5.41) is 16.6. The van der Waals surface area contributed by atoms with Crippen molar-refractivity contribution in [3.05, 3.63) is 40.7 Å². The number of aromatic nitrogens is 2. The zero-order chi connectivity index (χ0) is 15.7. The average molecular weight is 296 g/mol. The van der Waals surface area contributed by atoms with Crippen molar-refractivity contribution in [1.82, 2.24) is 15.1 Å². The molecule has 22 heavy (non-hydrogen) atoms. The van der Waals surface area contributed by atoms with Crippen LogP contribution in [0.4, 0.5) is 0 Å². The fraction of sp³-hybridized carbons (Fsp3) is 0.375. The van der Waals surface area contributed by atoms with E-state index >= 15 is 0 Å². The zero-order valence-corrected chi connectivity index (χ0v) is 12.2. The van der Waals surface area contributed by atoms with E-state index in [-0.39, 0.29) is 23.8 Å². The largest absolute Gasteiger partial charge is 0.336 e. The van der Waals surface area contributed by atoms with Crippen LogP contribution < -0.4 is 10.7 Å². The van der Waals surface area contributed by atoms with Crippen LogP contribution in [0, 0.1) is 17.2 Å². The number of nitrogens with zero attached hydrogens (tertiary/aromatic N) is 3. The number of hydrogen-bond donors (Lipinski definition) is 1. The average Bonchev–Trinajstić information content (AvgIpc) is 3.35. The van der Waals surface area contributed by atoms with E-state index in [0.29, 0.717) is 10.9 Å². The lowest BCUT2D eigenvalue weighted by Crippen LogP contribution is -2.48. The van der Waals surface area contributed by atoms with Gasteiger partial charge < -0.3 is 5.32 Å². The van der Waals surface area contributed by atoms with E-state index in [2.05, 4.69) is 16.5 Å². The zero-order valence-electron chi connectivity index (χ0n) is 12.2. The third kappa shape index (κ3) is 2.58. The number of para-hydroxylation sites is 1. The molecule has 1 aliphatic carbocycles. The minimum Gasteiger partial charge on any atom is -0.336 e. The molecular formula is C16H16N4O2. The monoisotopic (exact) mass is 296 g/mol. The molecule has 1 aliphatic rings. The third-order valence-electron chi connectivity index (χ3n) is 4.08. The summed E-state index contributed by atoms with van der Waals surface area (Å²) in [6.07, 6.45) is 3.13. The molecule has 1 amide bonds. The Bertz CT molecular complexity index is 832. The molecule has 1 fully saturated rings. The van der Waals surface area contributed by atoms with Crippen molar-refractivity contribution in [3.63, 3.8) is 0 Å². The van der Waals surface area contributed by atoms with Gasteiger partial charge in [0.05, 0.1) is 17.8 Å². The normalized spacial score (nSPS) is 16.7. The van der Waals surface area contributed by atoms with Crippen LogP contribution in [0.3, 0.4) is 0 Å². The third-order valence-corrected chi connectivity index (χ3v) is 4.08. The molecule has 0 radical (unpaired) electrons. The lowest BCUT2D eigenvalue weighted by Gasteiger charge is -2.23. The first-order valence-corrected chi connectivity index (χ1v) is 7.20. The molecule has 0 unspecified atom stereocenters. The van der Waals surface area contributed by atoms with Gasteiger partial charge in [-0.2, -0.15) is 10.4 Å². The molecule has 1 saturated carbocycles. The van der Waals surface area contributed by atoms with E-state index in [0.717, 1.165) is 12.8 Å². The number of hydrogen-bond acceptors (Lipinski definition) is 4. The standard InChI is InChI=1S/C16H16N4O2/c1-16(10-17,11-6-7-11)19-15(22)9-20-13-5-3-2-4-12(13)14(21)8-18-20/h2-5,8,11H,6-7,9H2,1H3,(H,19,22)/t16-/m1/s1. The summed E-state index contributed by atoms with van der Waals surface area (Å²) >= 11 is 0. The Morgan fingerprint density at radius 1 is 1.50 bits per heavy atom. The highest BCUT2D eigenvalue weighted by Gasteiger charge is 2.43. The summed E-state index contributed by atoms with van der Waals surface area (Å²) in [5.74, 6) is -0.0579. The van der Waals surface area contributed by atoms with Crippen molar-refractivity contribution in [2.24, 2.45) is 5.92 Å². The second kappa shape index (κ2) is 5.26. The molecule has 0 spiro atoms. The predicted molar refractivity (Wildman–Crippen MR) is 80.9 cm³/mol. The Kier molecular flexibility index (Phi) is 3.41. The molecular weight excluding hydrogens is 280 g/mol. The number of rotatable bonds is 4. The molecule has 1 atom stereocenters. The lowest BCUT2D eigenvalue weighted by atomic mass is 9.98. The molecule has 1 aromatic carbocycles. The quantitative estimate of drug-likeness (QED) is 0.918. The van der Waals surface area contributed by atoms with Crippen LogP contribution in [0.1, 0.15) is 19.8 Å². The summed E-state index contributed by atoms with van der Waals surface area (Å²) in [7, 11) is 0. The number of carbonyl (C=O) groups is 1. The minimum absolute atomic E-state index is 0.0230. The molecule has 112 valence electrons. The molecule has 1 N–H and O–H groups in total. The Balaban J connectivity index is 1.85. The van der Waals surface area contributed by atoms with Crippen molar-refractivity contribution in [3.8, 4) is 6.07 Å². The second-order valence-corrected chi connectivity index (χ2v) is 5.82. The molecule has 0 saturated heterocycles. The van der Waals surface area contributed by atoms with Crippen LogP contribution in [0.15, 0.2) is 35.3 Å². The first-order chi connectivity index (χ1) is 10.5. The van der Waals surface area contributed by atoms with Gasteiger partial charge in [0.1, 0.15) is 12.1 Å². The maximum Gasteiger partial charge on any atom is 0.242 e. The molecule has 6 nitrogen and oxygen atoms in total. The number of carbonyl (C=O) groups excluding carboxylic acids is 1. The van der Waals surface area contributed by atoms with E-state index in [4.69, 9.17) is 0 Å². The maximum absolute atomic E-state index is 12.2. The van der Waals surface area contributed by atoms with Gasteiger partial charge in [-0.25, -0.2) is 0 Å². The van der Waals surface area contributed by atoms with Gasteiger partial charge in [-0.3, -0.25) is 14.3 Å². The number of amides is 1. The fourth-order valence-electron chi connectivity index (χ4n) is 2.63. The number of nitriles is 1. The molecule has 2 aromatic rings. The second-order valence-electron chi connectivity index (χ2n) is 5.82. The van der Waals surface area contributed by atoms with E-state index in [1.165, 1.54) is 10.9 Å². The Morgan fingerprint density at radius 3 is 2.91 bits per heavy atom. The van der Waals surface area contributed by atoms with E-state index in [1.54, 1.807) is 31.2 Å². The van der Waals surface area contributed by atoms with Crippen molar-refractivity contribution in [2.75, 3.05) is 0 Å². The van der Waals surface area contributed by atoms with Gasteiger partial charge >= 0.3 is 0 Å². The summed E-state index contributed by atoms with van der Waals surface area (Å²) in [6, 6.07) is 9.21. The van der Waals surface area contributed by atoms with Crippen LogP contribution in [0.5, 0.6) is 0 Å². The number of benzene rings is 1. The van der Waals surface area contributed by atoms with Crippen LogP contribution in [-0.4, -0.2) is 21.2 Å². The van der Waals surface area contributed by atoms with Crippen LogP contribution in [0.2, 0.25) is 0 Å². The van der Waals surface area contributed by atoms with Gasteiger partial charge in [0.15, 0.2) is 0 Å². The highest BCUT2D eigenvalue weighted by atomic mass is 16.2. The smallest absolute Gasteiger partial charge is 0.242 e. The first-order valence-electron chi connectivity index (χ1n) is 7.20. The van der Waals surface area contributed by atoms with Crippen molar-refractivity contribution in [2.45, 2.75) is 31.8 Å². The summed E-state index contributed by atoms with van der Waals surface area (Å²) in [5.41, 5.74) is -0.395. The van der Waals surface area contributed by atoms with Gasteiger partial charge in [-0.15, -0.1) is 0 Å². The van der Waals surface area contributed by atoms with Crippen LogP contribution in [-0.2, 0) is 11.3 Å². The van der Waals surface area contributed by atoms with E-state index in [1.807, 2.05) is 0 Å². The Hall–Kier alpha value is -2.68. The van der Waals surface area contributed by atoms with Gasteiger partial charge in [0.25, 0.3) is 0 Å². The van der Waals surface area contributed by atoms with E-state index in [9.17, 15) is 14.9 Å². The highest BCUT2D eigenvalue weighted by molar-refractivity contribution is 5.82. The topological polar surface area (TPSA) is 87.8 Å². The predicted octanol–water partition coefficient (Wildman–Crippen LogP) is 1.20. The van der Waals surface area contributed by atoms with E-state index < -0.39 is 5.54 Å². The molecule has 0 aliphatic heterocycles. The fourth-order valence-corrected chi connectivity index (χ4v) is 2.63. The van der Waals surface area contributed by atoms with Crippen LogP contribution >= 0.6 is 0 Å². The molecule has 6 heteroatoms. The van der Waals surface area contributed by atoms with Crippen LogP contribution in [0.25, 0.3) is 10.9 Å². The van der Waals surface area contributed by atoms with Crippen molar-refractivity contribution < 1.29 is 4.79 Å². The van der Waals surface area contributed by atoms with Gasteiger partial charge in [-0.05, 0) is 37.8 Å². The summed E-state index contributed by atoms with van der Waals surface area (Å²) in [4.78, 5) is 24.0. The van der Waals surface area contributed by atoms with Gasteiger partial charge in [0.2, 0.25) is 11.3 Å². The minimum atomic E-state index is -0.827. The number of fused-ring (bicyclic) bond motifs is 1. The van der Waals surface area contributed by atoms with Crippen molar-refractivity contribution in [1.29, 1.82) is 5.26 Å². The first kappa shape index (κ1) is 14.3. The molecule has 1 heterocycles. The molecule has 0 bridgehead atoms. The Morgan fingerprint density at radius 2 is 2.23 bits per heavy atom. The summed E-state index contributed by atoms with van der Waals surface area (Å²) in [6.45, 7) is 1.73. The number of nitrogens with one attached hydrogen (secondary N) is 1. The van der Waals surface area contributed by atoms with Gasteiger partial charge in [0, 0.05) is 5.39 Å². The maximum atomic E-state index is 12.2. The van der Waals surface area contributed by atoms with Gasteiger partial charge in [-0.1, -0.05) is 12.1 Å². The Labute approximate surface area is 127 Å². The van der Waals surface area contributed by atoms with Crippen molar-refractivity contribution >= 4 is 16.8 Å². The summed E-state index contributed by atoms with van der Waals surface area (Å²) < 4.78 is 1.48. The highest BCUT2D eigenvalue weighted by Crippen LogP contribution is 2.39. The lowest BCUT2D eigenvalue weighted by molar-refractivity contribution is -0.123. The SMILES string of the molecule is C[C@](C#N)(NC(=O)Cn1ncc(=O)c2ccccc21)C1CC1.